The summed E-state index contributed by atoms with van der Waals surface area (Å²) in [5.74, 6) is 1.80. The number of carbonyl (C=O) groups excluding carboxylic acids is 1. The van der Waals surface area contributed by atoms with E-state index >= 15 is 0 Å². The third kappa shape index (κ3) is 4.40. The lowest BCUT2D eigenvalue weighted by molar-refractivity contribution is 0.0761. The topological polar surface area (TPSA) is 64.8 Å². The van der Waals surface area contributed by atoms with Crippen LogP contribution in [0, 0.1) is 18.8 Å². The molecule has 0 aliphatic carbocycles. The zero-order valence-corrected chi connectivity index (χ0v) is 22.0. The van der Waals surface area contributed by atoms with Crippen LogP contribution in [-0.2, 0) is 5.41 Å². The second kappa shape index (κ2) is 9.73. The molecule has 1 N–H and O–H groups in total. The number of piperidine rings is 2. The molecule has 194 valence electrons. The average Bonchev–Trinajstić information content (AvgIpc) is 3.66. The molecule has 3 fully saturated rings. The summed E-state index contributed by atoms with van der Waals surface area (Å²) in [5, 5.41) is 3.71. The van der Waals surface area contributed by atoms with Crippen LogP contribution in [0.3, 0.4) is 0 Å². The zero-order chi connectivity index (χ0) is 24.7. The Bertz CT molecular complexity index is 1090. The minimum absolute atomic E-state index is 0.00865. The van der Waals surface area contributed by atoms with Gasteiger partial charge in [0.15, 0.2) is 0 Å². The molecule has 6 rings (SSSR count). The van der Waals surface area contributed by atoms with E-state index in [0.29, 0.717) is 23.1 Å². The number of hydrogen-bond donors (Lipinski definition) is 1. The van der Waals surface area contributed by atoms with Gasteiger partial charge >= 0.3 is 0 Å². The maximum absolute atomic E-state index is 12.6. The minimum atomic E-state index is -0.00865. The van der Waals surface area contributed by atoms with Crippen molar-refractivity contribution in [3.8, 4) is 0 Å². The Balaban J connectivity index is 0.973. The fourth-order valence-corrected chi connectivity index (χ4v) is 7.07. The second-order valence-corrected chi connectivity index (χ2v) is 11.7. The fraction of sp³-hybridized carbons (Fsp3) is 0.655. The number of likely N-dealkylation sites (tertiary alicyclic amines) is 2. The van der Waals surface area contributed by atoms with Crippen molar-refractivity contribution in [1.82, 2.24) is 14.8 Å². The molecule has 2 unspecified atom stereocenters. The van der Waals surface area contributed by atoms with Gasteiger partial charge in [-0.1, -0.05) is 19.1 Å². The van der Waals surface area contributed by atoms with Gasteiger partial charge in [0, 0.05) is 50.4 Å². The summed E-state index contributed by atoms with van der Waals surface area (Å²) >= 11 is 0. The maximum atomic E-state index is 12.6. The molecule has 7 nitrogen and oxygen atoms in total. The van der Waals surface area contributed by atoms with Gasteiger partial charge in [0.2, 0.25) is 5.76 Å². The lowest BCUT2D eigenvalue weighted by Crippen LogP contribution is -2.50. The Labute approximate surface area is 215 Å². The number of oxazole rings is 1. The highest BCUT2D eigenvalue weighted by Gasteiger charge is 2.46. The number of aromatic nitrogens is 1. The summed E-state index contributed by atoms with van der Waals surface area (Å²) < 4.78 is 5.89. The van der Waals surface area contributed by atoms with Crippen LogP contribution in [0.1, 0.15) is 67.1 Å². The number of nitrogens with one attached hydrogen (secondary N) is 1. The molecule has 4 aliphatic rings. The first-order valence-electron chi connectivity index (χ1n) is 14.1. The molecule has 2 atom stereocenters. The molecule has 1 aromatic heterocycles. The van der Waals surface area contributed by atoms with E-state index in [-0.39, 0.29) is 5.91 Å². The first-order chi connectivity index (χ1) is 17.5. The van der Waals surface area contributed by atoms with Crippen molar-refractivity contribution in [3.63, 3.8) is 0 Å². The van der Waals surface area contributed by atoms with Crippen LogP contribution in [0.2, 0.25) is 0 Å². The molecular formula is C29H41N5O2. The Hall–Kier alpha value is -2.54. The van der Waals surface area contributed by atoms with Crippen LogP contribution >= 0.6 is 0 Å². The molecule has 1 spiro atoms. The molecule has 4 aliphatic heterocycles. The summed E-state index contributed by atoms with van der Waals surface area (Å²) in [5.41, 5.74) is 4.55. The van der Waals surface area contributed by atoms with Crippen molar-refractivity contribution in [3.05, 3.63) is 41.3 Å². The molecule has 0 radical (unpaired) electrons. The van der Waals surface area contributed by atoms with Crippen LogP contribution in [0.5, 0.6) is 0 Å². The molecule has 36 heavy (non-hydrogen) atoms. The number of anilines is 2. The Morgan fingerprint density at radius 2 is 1.97 bits per heavy atom. The van der Waals surface area contributed by atoms with Gasteiger partial charge in [-0.25, -0.2) is 4.98 Å². The van der Waals surface area contributed by atoms with Gasteiger partial charge in [-0.05, 0) is 87.6 Å². The van der Waals surface area contributed by atoms with E-state index in [2.05, 4.69) is 52.1 Å². The highest BCUT2D eigenvalue weighted by molar-refractivity contribution is 5.91. The van der Waals surface area contributed by atoms with Crippen molar-refractivity contribution < 1.29 is 9.21 Å². The van der Waals surface area contributed by atoms with Gasteiger partial charge < -0.3 is 24.4 Å². The van der Waals surface area contributed by atoms with Gasteiger partial charge in [-0.2, -0.15) is 0 Å². The van der Waals surface area contributed by atoms with E-state index < -0.39 is 0 Å². The quantitative estimate of drug-likeness (QED) is 0.663. The monoisotopic (exact) mass is 491 g/mol. The molecule has 0 bridgehead atoms. The lowest BCUT2D eigenvalue weighted by atomic mass is 9.67. The molecule has 5 heterocycles. The van der Waals surface area contributed by atoms with Crippen LogP contribution in [-0.4, -0.2) is 73.0 Å². The normalized spacial score (nSPS) is 27.0. The summed E-state index contributed by atoms with van der Waals surface area (Å²) in [6, 6.07) is 7.60. The van der Waals surface area contributed by atoms with Crippen LogP contribution in [0.4, 0.5) is 11.7 Å². The summed E-state index contributed by atoms with van der Waals surface area (Å²) in [7, 11) is 0. The molecular weight excluding hydrogens is 450 g/mol. The van der Waals surface area contributed by atoms with Crippen molar-refractivity contribution in [1.29, 1.82) is 0 Å². The third-order valence-electron chi connectivity index (χ3n) is 9.49. The van der Waals surface area contributed by atoms with Crippen LogP contribution in [0.25, 0.3) is 0 Å². The van der Waals surface area contributed by atoms with Gasteiger partial charge in [-0.3, -0.25) is 4.79 Å². The minimum Gasteiger partial charge on any atom is -0.418 e. The summed E-state index contributed by atoms with van der Waals surface area (Å²) in [4.78, 5) is 23.8. The fourth-order valence-electron chi connectivity index (χ4n) is 7.07. The van der Waals surface area contributed by atoms with E-state index in [1.165, 1.54) is 56.6 Å². The Morgan fingerprint density at radius 1 is 1.17 bits per heavy atom. The third-order valence-corrected chi connectivity index (χ3v) is 9.49. The molecule has 7 heteroatoms. The number of rotatable bonds is 5. The number of fused-ring (bicyclic) bond motifs is 2. The number of carbonyl (C=O) groups is 1. The van der Waals surface area contributed by atoms with Gasteiger partial charge in [0.05, 0.1) is 6.20 Å². The summed E-state index contributed by atoms with van der Waals surface area (Å²) in [6.45, 7) is 12.9. The summed E-state index contributed by atoms with van der Waals surface area (Å²) in [6.07, 6.45) is 8.64. The first-order valence-corrected chi connectivity index (χ1v) is 14.1. The zero-order valence-electron chi connectivity index (χ0n) is 22.0. The van der Waals surface area contributed by atoms with Crippen LogP contribution in [0.15, 0.2) is 28.8 Å². The first kappa shape index (κ1) is 23.8. The van der Waals surface area contributed by atoms with Crippen LogP contribution < -0.4 is 10.2 Å². The van der Waals surface area contributed by atoms with Gasteiger partial charge in [0.1, 0.15) is 0 Å². The predicted octanol–water partition coefficient (Wildman–Crippen LogP) is 4.53. The van der Waals surface area contributed by atoms with E-state index in [1.54, 1.807) is 11.8 Å². The largest absolute Gasteiger partial charge is 0.418 e. The molecule has 3 saturated heterocycles. The van der Waals surface area contributed by atoms with Gasteiger partial charge in [0.25, 0.3) is 11.9 Å². The maximum Gasteiger partial charge on any atom is 0.297 e. The molecule has 2 aromatic rings. The van der Waals surface area contributed by atoms with Gasteiger partial charge in [-0.15, -0.1) is 0 Å². The van der Waals surface area contributed by atoms with E-state index in [0.717, 1.165) is 51.5 Å². The highest BCUT2D eigenvalue weighted by atomic mass is 16.4. The SMILES string of the molecule is Cc1ccc2c(c1)NCC21CCN(CCC2CCN(c3ncc(C(=O)N4CCCC4)o3)CC2)CC1C. The number of benzene rings is 1. The lowest BCUT2D eigenvalue weighted by Gasteiger charge is -2.45. The average molecular weight is 492 g/mol. The predicted molar refractivity (Wildman–Crippen MR) is 143 cm³/mol. The van der Waals surface area contributed by atoms with E-state index in [9.17, 15) is 4.79 Å². The molecule has 1 aromatic carbocycles. The highest BCUT2D eigenvalue weighted by Crippen LogP contribution is 2.47. The van der Waals surface area contributed by atoms with Crippen molar-refractivity contribution in [2.24, 2.45) is 11.8 Å². The van der Waals surface area contributed by atoms with Crippen molar-refractivity contribution >= 4 is 17.6 Å². The number of nitrogens with zero attached hydrogens (tertiary/aromatic N) is 4. The number of hydrogen-bond acceptors (Lipinski definition) is 6. The number of amides is 1. The Kier molecular flexibility index (Phi) is 6.44. The smallest absolute Gasteiger partial charge is 0.297 e. The molecule has 1 amide bonds. The van der Waals surface area contributed by atoms with Crippen molar-refractivity contribution in [2.75, 3.05) is 62.6 Å². The van der Waals surface area contributed by atoms with Crippen molar-refractivity contribution in [2.45, 2.75) is 57.8 Å². The molecule has 0 saturated carbocycles. The van der Waals surface area contributed by atoms with E-state index in [1.807, 2.05) is 4.90 Å². The number of aryl methyl sites for hydroxylation is 1. The Morgan fingerprint density at radius 3 is 2.75 bits per heavy atom. The van der Waals surface area contributed by atoms with E-state index in [4.69, 9.17) is 4.42 Å². The standard InChI is InChI=1S/C29H41N5O2/c1-21-5-6-24-25(17-21)31-20-29(24)10-16-32(19-22(29)2)13-7-23-8-14-34(15-9-23)28-30-18-26(36-28)27(35)33-11-3-4-12-33/h5-6,17-18,22-23,31H,3-4,7-16,19-20H2,1-2H3. The second-order valence-electron chi connectivity index (χ2n) is 11.7.